The van der Waals surface area contributed by atoms with E-state index < -0.39 is 18.1 Å². The van der Waals surface area contributed by atoms with Crippen LogP contribution in [0.1, 0.15) is 0 Å². The quantitative estimate of drug-likeness (QED) is 0.513. The number of urea groups is 1. The van der Waals surface area contributed by atoms with Crippen LogP contribution in [0.2, 0.25) is 0 Å². The van der Waals surface area contributed by atoms with Crippen molar-refractivity contribution in [2.75, 3.05) is 19.7 Å². The minimum Gasteiger partial charge on any atom is -0.492 e. The average molecular weight is 268 g/mol. The second-order valence-corrected chi connectivity index (χ2v) is 3.65. The molecule has 7 nitrogen and oxygen atoms in total. The monoisotopic (exact) mass is 268 g/mol. The highest BCUT2D eigenvalue weighted by molar-refractivity contribution is 5.76. The summed E-state index contributed by atoms with van der Waals surface area (Å²) in [6.07, 6.45) is -1.61. The van der Waals surface area contributed by atoms with Crippen molar-refractivity contribution < 1.29 is 24.5 Å². The summed E-state index contributed by atoms with van der Waals surface area (Å²) >= 11 is 0. The number of ether oxygens (including phenoxy) is 1. The van der Waals surface area contributed by atoms with Gasteiger partial charge >= 0.3 is 12.0 Å². The van der Waals surface area contributed by atoms with Gasteiger partial charge in [0.25, 0.3) is 0 Å². The van der Waals surface area contributed by atoms with Gasteiger partial charge in [0.2, 0.25) is 0 Å². The summed E-state index contributed by atoms with van der Waals surface area (Å²) in [6.45, 7) is 0.212. The Morgan fingerprint density at radius 1 is 1.21 bits per heavy atom. The lowest BCUT2D eigenvalue weighted by Crippen LogP contribution is -2.43. The summed E-state index contributed by atoms with van der Waals surface area (Å²) < 4.78 is 5.33. The SMILES string of the molecule is O=C(NCCOc1ccccc1)NCC(O)C(=O)O. The zero-order chi connectivity index (χ0) is 14.1. The summed E-state index contributed by atoms with van der Waals surface area (Å²) in [5, 5.41) is 22.0. The fourth-order valence-corrected chi connectivity index (χ4v) is 1.19. The predicted octanol–water partition coefficient (Wildman–Crippen LogP) is -0.190. The Bertz CT molecular complexity index is 410. The highest BCUT2D eigenvalue weighted by Gasteiger charge is 2.13. The van der Waals surface area contributed by atoms with Gasteiger partial charge in [-0.3, -0.25) is 0 Å². The molecule has 0 aliphatic heterocycles. The van der Waals surface area contributed by atoms with Crippen LogP contribution in [-0.2, 0) is 4.79 Å². The molecule has 0 bridgehead atoms. The maximum absolute atomic E-state index is 11.2. The van der Waals surface area contributed by atoms with E-state index in [1.165, 1.54) is 0 Å². The van der Waals surface area contributed by atoms with Crippen LogP contribution >= 0.6 is 0 Å². The molecule has 0 radical (unpaired) electrons. The molecular formula is C12H16N2O5. The first-order valence-corrected chi connectivity index (χ1v) is 5.70. The van der Waals surface area contributed by atoms with E-state index in [0.29, 0.717) is 12.4 Å². The number of amides is 2. The molecule has 1 rings (SSSR count). The van der Waals surface area contributed by atoms with Crippen molar-refractivity contribution in [3.05, 3.63) is 30.3 Å². The number of aliphatic hydroxyl groups excluding tert-OH is 1. The molecule has 104 valence electrons. The third kappa shape index (κ3) is 6.27. The Morgan fingerprint density at radius 3 is 2.53 bits per heavy atom. The number of rotatable bonds is 7. The van der Waals surface area contributed by atoms with Crippen molar-refractivity contribution in [3.8, 4) is 5.75 Å². The van der Waals surface area contributed by atoms with Crippen LogP contribution in [-0.4, -0.2) is 48.0 Å². The summed E-state index contributed by atoms with van der Waals surface area (Å²) in [6, 6.07) is 8.57. The highest BCUT2D eigenvalue weighted by Crippen LogP contribution is 2.07. The van der Waals surface area contributed by atoms with Gasteiger partial charge in [-0.1, -0.05) is 18.2 Å². The maximum atomic E-state index is 11.2. The molecule has 0 aliphatic rings. The number of carboxylic acids is 1. The average Bonchev–Trinajstić information content (AvgIpc) is 2.42. The van der Waals surface area contributed by atoms with Crippen LogP contribution in [0, 0.1) is 0 Å². The number of nitrogens with one attached hydrogen (secondary N) is 2. The molecule has 0 spiro atoms. The Balaban J connectivity index is 2.09. The molecule has 19 heavy (non-hydrogen) atoms. The fourth-order valence-electron chi connectivity index (χ4n) is 1.19. The molecule has 7 heteroatoms. The number of hydrogen-bond acceptors (Lipinski definition) is 4. The molecule has 2 amide bonds. The van der Waals surface area contributed by atoms with E-state index >= 15 is 0 Å². The van der Waals surface area contributed by atoms with Crippen molar-refractivity contribution >= 4 is 12.0 Å². The van der Waals surface area contributed by atoms with E-state index in [1.807, 2.05) is 18.2 Å². The van der Waals surface area contributed by atoms with Crippen LogP contribution in [0.15, 0.2) is 30.3 Å². The second-order valence-electron chi connectivity index (χ2n) is 3.65. The largest absolute Gasteiger partial charge is 0.492 e. The van der Waals surface area contributed by atoms with Gasteiger partial charge in [0.05, 0.1) is 13.1 Å². The van der Waals surface area contributed by atoms with Gasteiger partial charge in [-0.25, -0.2) is 9.59 Å². The van der Waals surface area contributed by atoms with Crippen LogP contribution < -0.4 is 15.4 Å². The minimum atomic E-state index is -1.61. The summed E-state index contributed by atoms with van der Waals surface area (Å²) in [5.74, 6) is -0.682. The predicted molar refractivity (Wildman–Crippen MR) is 67.0 cm³/mol. The molecule has 0 aliphatic carbocycles. The number of para-hydroxylation sites is 1. The van der Waals surface area contributed by atoms with Crippen LogP contribution in [0.4, 0.5) is 4.79 Å². The molecular weight excluding hydrogens is 252 g/mol. The number of benzene rings is 1. The van der Waals surface area contributed by atoms with E-state index in [9.17, 15) is 9.59 Å². The van der Waals surface area contributed by atoms with E-state index in [2.05, 4.69) is 10.6 Å². The van der Waals surface area contributed by atoms with Gasteiger partial charge in [0.15, 0.2) is 6.10 Å². The maximum Gasteiger partial charge on any atom is 0.334 e. The van der Waals surface area contributed by atoms with Crippen molar-refractivity contribution in [3.63, 3.8) is 0 Å². The van der Waals surface area contributed by atoms with E-state index in [1.54, 1.807) is 12.1 Å². The zero-order valence-electron chi connectivity index (χ0n) is 10.2. The van der Waals surface area contributed by atoms with E-state index in [0.717, 1.165) is 0 Å². The van der Waals surface area contributed by atoms with E-state index in [4.69, 9.17) is 14.9 Å². The molecule has 0 fully saturated rings. The Morgan fingerprint density at radius 2 is 1.89 bits per heavy atom. The highest BCUT2D eigenvalue weighted by atomic mass is 16.5. The van der Waals surface area contributed by atoms with Gasteiger partial charge < -0.3 is 25.6 Å². The molecule has 0 heterocycles. The van der Waals surface area contributed by atoms with Crippen LogP contribution in [0.3, 0.4) is 0 Å². The lowest BCUT2D eigenvalue weighted by molar-refractivity contribution is -0.146. The fraction of sp³-hybridized carbons (Fsp3) is 0.333. The smallest absolute Gasteiger partial charge is 0.334 e. The minimum absolute atomic E-state index is 0.268. The number of carbonyl (C=O) groups is 2. The normalized spacial score (nSPS) is 11.4. The van der Waals surface area contributed by atoms with Gasteiger partial charge in [0.1, 0.15) is 12.4 Å². The standard InChI is InChI=1S/C12H16N2O5/c15-10(11(16)17)8-14-12(18)13-6-7-19-9-4-2-1-3-5-9/h1-5,10,15H,6-8H2,(H,16,17)(H2,13,14,18). The molecule has 0 saturated carbocycles. The van der Waals surface area contributed by atoms with Gasteiger partial charge in [-0.05, 0) is 12.1 Å². The summed E-state index contributed by atoms with van der Waals surface area (Å²) in [4.78, 5) is 21.5. The number of aliphatic carboxylic acids is 1. The molecule has 1 aromatic carbocycles. The number of carboxylic acid groups (broad SMARTS) is 1. The van der Waals surface area contributed by atoms with Gasteiger partial charge in [-0.15, -0.1) is 0 Å². The number of hydrogen-bond donors (Lipinski definition) is 4. The first-order valence-electron chi connectivity index (χ1n) is 5.70. The van der Waals surface area contributed by atoms with Crippen molar-refractivity contribution in [1.29, 1.82) is 0 Å². The number of aliphatic hydroxyl groups is 1. The van der Waals surface area contributed by atoms with E-state index in [-0.39, 0.29) is 13.1 Å². The second kappa shape index (κ2) is 7.93. The topological polar surface area (TPSA) is 108 Å². The van der Waals surface area contributed by atoms with Crippen molar-refractivity contribution in [2.24, 2.45) is 0 Å². The molecule has 0 saturated heterocycles. The molecule has 4 N–H and O–H groups in total. The van der Waals surface area contributed by atoms with Gasteiger partial charge in [-0.2, -0.15) is 0 Å². The first-order chi connectivity index (χ1) is 9.09. The summed E-state index contributed by atoms with van der Waals surface area (Å²) in [7, 11) is 0. The lowest BCUT2D eigenvalue weighted by atomic mass is 10.3. The third-order valence-corrected chi connectivity index (χ3v) is 2.14. The van der Waals surface area contributed by atoms with Gasteiger partial charge in [0, 0.05) is 0 Å². The first kappa shape index (κ1) is 14.8. The summed E-state index contributed by atoms with van der Waals surface area (Å²) in [5.41, 5.74) is 0. The van der Waals surface area contributed by atoms with Crippen molar-refractivity contribution in [2.45, 2.75) is 6.10 Å². The Labute approximate surface area is 110 Å². The molecule has 1 atom stereocenters. The third-order valence-electron chi connectivity index (χ3n) is 2.14. The van der Waals surface area contributed by atoms with Crippen molar-refractivity contribution in [1.82, 2.24) is 10.6 Å². The zero-order valence-corrected chi connectivity index (χ0v) is 10.2. The molecule has 1 aromatic rings. The number of carbonyl (C=O) groups excluding carboxylic acids is 1. The molecule has 1 unspecified atom stereocenters. The van der Waals surface area contributed by atoms with Crippen LogP contribution in [0.5, 0.6) is 5.75 Å². The Hall–Kier alpha value is -2.28. The Kier molecular flexibility index (Phi) is 6.17. The van der Waals surface area contributed by atoms with Crippen LogP contribution in [0.25, 0.3) is 0 Å². The lowest BCUT2D eigenvalue weighted by Gasteiger charge is -2.10. The molecule has 0 aromatic heterocycles.